The number of hydrogen-bond acceptors (Lipinski definition) is 1. The van der Waals surface area contributed by atoms with Gasteiger partial charge < -0.3 is 0 Å². The number of benzene rings is 2. The Labute approximate surface area is 148 Å². The van der Waals surface area contributed by atoms with Crippen LogP contribution >= 0.6 is 13.5 Å². The minimum atomic E-state index is -4.32. The molecule has 0 aliphatic rings. The summed E-state index contributed by atoms with van der Waals surface area (Å²) in [6.45, 7) is 5.70. The molecule has 0 aliphatic heterocycles. The van der Waals surface area contributed by atoms with Crippen molar-refractivity contribution in [3.63, 3.8) is 0 Å². The number of alkyl halides is 3. The Morgan fingerprint density at radius 1 is 0.875 bits per heavy atom. The van der Waals surface area contributed by atoms with Gasteiger partial charge >= 0.3 is 6.18 Å². The maximum atomic E-state index is 13.0. The first-order chi connectivity index (χ1) is 10.7. The molecule has 2 unspecified atom stereocenters. The normalized spacial score (nSPS) is 14.2. The maximum Gasteiger partial charge on any atom is 0.416 e. The van der Waals surface area contributed by atoms with Crippen LogP contribution in [-0.4, -0.2) is 11.9 Å². The van der Waals surface area contributed by atoms with Crippen molar-refractivity contribution in [1.29, 1.82) is 0 Å². The Morgan fingerprint density at radius 2 is 1.42 bits per heavy atom. The molecule has 0 aromatic heterocycles. The average Bonchev–Trinajstić information content (AvgIpc) is 2.52. The predicted octanol–water partition coefficient (Wildman–Crippen LogP) is 5.88. The molecule has 0 bridgehead atoms. The summed E-state index contributed by atoms with van der Waals surface area (Å²) in [6.07, 6.45) is -4.32. The molecular weight excluding hydrogens is 331 g/mol. The lowest BCUT2D eigenvalue weighted by Crippen LogP contribution is -2.26. The molecule has 0 spiro atoms. The van der Waals surface area contributed by atoms with Gasteiger partial charge in [0.25, 0.3) is 0 Å². The highest BCUT2D eigenvalue weighted by Gasteiger charge is 2.31. The highest BCUT2D eigenvalue weighted by Crippen LogP contribution is 2.34. The molecule has 2 rings (SSSR count). The van der Waals surface area contributed by atoms with E-state index in [1.165, 1.54) is 12.1 Å². The van der Waals surface area contributed by atoms with Gasteiger partial charge in [-0.25, -0.2) is 0 Å². The Morgan fingerprint density at radius 3 is 1.96 bits per heavy atom. The SMILES string of the molecule is Cc1cc(C(C)N(C)C(C)c2ccccc2)cc(C(F)(F)F)c1.S. The summed E-state index contributed by atoms with van der Waals surface area (Å²) in [7, 11) is 1.94. The van der Waals surface area contributed by atoms with E-state index in [2.05, 4.69) is 11.8 Å². The molecule has 2 aromatic carbocycles. The monoisotopic (exact) mass is 355 g/mol. The molecule has 132 valence electrons. The van der Waals surface area contributed by atoms with Gasteiger partial charge in [0.2, 0.25) is 0 Å². The number of hydrogen-bond donors (Lipinski definition) is 0. The Kier molecular flexibility index (Phi) is 6.93. The third-order valence-corrected chi connectivity index (χ3v) is 4.41. The van der Waals surface area contributed by atoms with Crippen LogP contribution in [-0.2, 0) is 6.18 Å². The fourth-order valence-corrected chi connectivity index (χ4v) is 2.75. The summed E-state index contributed by atoms with van der Waals surface area (Å²) >= 11 is 0. The van der Waals surface area contributed by atoms with Gasteiger partial charge in [-0.15, -0.1) is 0 Å². The molecule has 1 nitrogen and oxygen atoms in total. The Bertz CT molecular complexity index is 655. The van der Waals surface area contributed by atoms with Crippen molar-refractivity contribution in [3.05, 3.63) is 70.8 Å². The summed E-state index contributed by atoms with van der Waals surface area (Å²) in [5.41, 5.74) is 1.87. The van der Waals surface area contributed by atoms with Gasteiger partial charge in [0.05, 0.1) is 5.56 Å². The van der Waals surface area contributed by atoms with Gasteiger partial charge in [-0.1, -0.05) is 42.0 Å². The van der Waals surface area contributed by atoms with Crippen LogP contribution in [0.25, 0.3) is 0 Å². The second-order valence-electron chi connectivity index (χ2n) is 6.06. The van der Waals surface area contributed by atoms with Crippen LogP contribution in [0.4, 0.5) is 13.2 Å². The van der Waals surface area contributed by atoms with Crippen molar-refractivity contribution < 1.29 is 13.2 Å². The van der Waals surface area contributed by atoms with Crippen LogP contribution in [0.1, 0.15) is 48.2 Å². The minimum absolute atomic E-state index is 0. The zero-order valence-corrected chi connectivity index (χ0v) is 15.4. The second kappa shape index (κ2) is 8.08. The summed E-state index contributed by atoms with van der Waals surface area (Å²) in [4.78, 5) is 2.09. The Hall–Kier alpha value is -1.46. The fourth-order valence-electron chi connectivity index (χ4n) is 2.75. The third kappa shape index (κ3) is 4.77. The summed E-state index contributed by atoms with van der Waals surface area (Å²) in [5.74, 6) is 0. The average molecular weight is 355 g/mol. The predicted molar refractivity (Wildman–Crippen MR) is 97.6 cm³/mol. The van der Waals surface area contributed by atoms with E-state index in [4.69, 9.17) is 0 Å². The molecule has 0 amide bonds. The molecule has 0 radical (unpaired) electrons. The van der Waals surface area contributed by atoms with E-state index in [0.29, 0.717) is 11.1 Å². The summed E-state index contributed by atoms with van der Waals surface area (Å²) < 4.78 is 39.1. The zero-order valence-electron chi connectivity index (χ0n) is 14.4. The maximum absolute atomic E-state index is 13.0. The lowest BCUT2D eigenvalue weighted by Gasteiger charge is -2.32. The highest BCUT2D eigenvalue weighted by atomic mass is 32.1. The van der Waals surface area contributed by atoms with Crippen molar-refractivity contribution in [2.45, 2.75) is 39.0 Å². The van der Waals surface area contributed by atoms with Crippen molar-refractivity contribution in [3.8, 4) is 0 Å². The van der Waals surface area contributed by atoms with E-state index in [9.17, 15) is 13.2 Å². The molecule has 24 heavy (non-hydrogen) atoms. The lowest BCUT2D eigenvalue weighted by atomic mass is 9.98. The van der Waals surface area contributed by atoms with E-state index in [1.807, 2.05) is 50.4 Å². The molecule has 0 fully saturated rings. The molecule has 0 aliphatic carbocycles. The molecule has 0 N–H and O–H groups in total. The van der Waals surface area contributed by atoms with Crippen LogP contribution < -0.4 is 0 Å². The van der Waals surface area contributed by atoms with E-state index >= 15 is 0 Å². The molecule has 0 saturated heterocycles. The quantitative estimate of drug-likeness (QED) is 0.662. The van der Waals surface area contributed by atoms with Gasteiger partial charge in [-0.2, -0.15) is 26.7 Å². The van der Waals surface area contributed by atoms with Crippen LogP contribution in [0, 0.1) is 6.92 Å². The van der Waals surface area contributed by atoms with Crippen LogP contribution in [0.15, 0.2) is 48.5 Å². The summed E-state index contributed by atoms with van der Waals surface area (Å²) in [5, 5.41) is 0. The van der Waals surface area contributed by atoms with Gasteiger partial charge in [0, 0.05) is 12.1 Å². The van der Waals surface area contributed by atoms with E-state index in [1.54, 1.807) is 6.92 Å². The molecule has 2 aromatic rings. The largest absolute Gasteiger partial charge is 0.416 e. The second-order valence-corrected chi connectivity index (χ2v) is 6.06. The summed E-state index contributed by atoms with van der Waals surface area (Å²) in [6, 6.07) is 14.2. The van der Waals surface area contributed by atoms with E-state index in [0.717, 1.165) is 5.56 Å². The molecule has 0 heterocycles. The molecule has 0 saturated carbocycles. The van der Waals surface area contributed by atoms with Crippen molar-refractivity contribution in [2.24, 2.45) is 0 Å². The molecule has 2 atom stereocenters. The van der Waals surface area contributed by atoms with Gasteiger partial charge in [-0.3, -0.25) is 4.90 Å². The first-order valence-electron chi connectivity index (χ1n) is 7.66. The lowest BCUT2D eigenvalue weighted by molar-refractivity contribution is -0.137. The number of rotatable bonds is 4. The minimum Gasteiger partial charge on any atom is -0.293 e. The van der Waals surface area contributed by atoms with Gasteiger partial charge in [0.1, 0.15) is 0 Å². The highest BCUT2D eigenvalue weighted by molar-refractivity contribution is 7.59. The van der Waals surface area contributed by atoms with Crippen LogP contribution in [0.5, 0.6) is 0 Å². The number of halogens is 3. The standard InChI is InChI=1S/C19H22F3N.H2S/c1-13-10-17(12-18(11-13)19(20,21)22)15(3)23(4)14(2)16-8-6-5-7-9-16;/h5-12,14-15H,1-4H3;1H2. The molecule has 5 heteroatoms. The van der Waals surface area contributed by atoms with Crippen molar-refractivity contribution in [1.82, 2.24) is 4.90 Å². The molecular formula is C19H24F3NS. The van der Waals surface area contributed by atoms with Gasteiger partial charge in [-0.05, 0) is 51.1 Å². The van der Waals surface area contributed by atoms with E-state index < -0.39 is 11.7 Å². The third-order valence-electron chi connectivity index (χ3n) is 4.41. The first kappa shape index (κ1) is 20.6. The van der Waals surface area contributed by atoms with E-state index in [-0.39, 0.29) is 25.6 Å². The number of nitrogens with zero attached hydrogens (tertiary/aromatic N) is 1. The zero-order chi connectivity index (χ0) is 17.2. The first-order valence-corrected chi connectivity index (χ1v) is 7.66. The van der Waals surface area contributed by atoms with Crippen molar-refractivity contribution in [2.75, 3.05) is 7.05 Å². The Balaban J connectivity index is 0.00000288. The fraction of sp³-hybridized carbons (Fsp3) is 0.368. The van der Waals surface area contributed by atoms with Crippen LogP contribution in [0.2, 0.25) is 0 Å². The smallest absolute Gasteiger partial charge is 0.293 e. The topological polar surface area (TPSA) is 3.24 Å². The number of aryl methyl sites for hydroxylation is 1. The van der Waals surface area contributed by atoms with Crippen molar-refractivity contribution >= 4 is 13.5 Å². The van der Waals surface area contributed by atoms with Gasteiger partial charge in [0.15, 0.2) is 0 Å². The van der Waals surface area contributed by atoms with Crippen LogP contribution in [0.3, 0.4) is 0 Å².